The van der Waals surface area contributed by atoms with E-state index in [0.717, 1.165) is 35.3 Å². The van der Waals surface area contributed by atoms with E-state index in [9.17, 15) is 9.90 Å². The van der Waals surface area contributed by atoms with Crippen LogP contribution in [-0.2, 0) is 0 Å². The average Bonchev–Trinajstić information content (AvgIpc) is 3.11. The molecule has 2 aliphatic rings. The molecule has 1 unspecified atom stereocenters. The molecule has 2 aromatic rings. The number of hydrogen-bond acceptors (Lipinski definition) is 6. The van der Waals surface area contributed by atoms with Crippen molar-refractivity contribution in [2.75, 3.05) is 39.3 Å². The third-order valence-corrected chi connectivity index (χ3v) is 6.07. The number of fused-ring (bicyclic) bond motifs is 1. The summed E-state index contributed by atoms with van der Waals surface area (Å²) in [7, 11) is 4.77. The highest BCUT2D eigenvalue weighted by Gasteiger charge is 2.31. The van der Waals surface area contributed by atoms with E-state index < -0.39 is 5.60 Å². The summed E-state index contributed by atoms with van der Waals surface area (Å²) < 4.78 is 11.0. The lowest BCUT2D eigenvalue weighted by Crippen LogP contribution is -2.33. The number of carbonyl (C=O) groups is 1. The molecule has 0 saturated carbocycles. The molecule has 33 heavy (non-hydrogen) atoms. The fourth-order valence-corrected chi connectivity index (χ4v) is 4.26. The Bertz CT molecular complexity index is 1120. The number of β-amino-alcohol motifs (C(OH)–C–C–N with tert-alkyl or cyclic N) is 1. The SMILES string of the molecule is CNC(=O)N1N=C(c2ccc(N3CCC(C)(O)C3)cc2)c2cc(OC)c(OC)cc2C=C1C. The van der Waals surface area contributed by atoms with Crippen molar-refractivity contribution in [2.45, 2.75) is 25.9 Å². The molecule has 2 aromatic carbocycles. The summed E-state index contributed by atoms with van der Waals surface area (Å²) in [5, 5.41) is 19.1. The predicted molar refractivity (Wildman–Crippen MR) is 129 cm³/mol. The maximum atomic E-state index is 12.6. The summed E-state index contributed by atoms with van der Waals surface area (Å²) in [5.74, 6) is 1.18. The number of nitrogens with one attached hydrogen (secondary N) is 1. The average molecular weight is 451 g/mol. The maximum Gasteiger partial charge on any atom is 0.342 e. The largest absolute Gasteiger partial charge is 0.493 e. The number of amides is 2. The molecule has 1 fully saturated rings. The van der Waals surface area contributed by atoms with Crippen LogP contribution in [-0.4, -0.2) is 61.8 Å². The van der Waals surface area contributed by atoms with Gasteiger partial charge in [-0.25, -0.2) is 4.79 Å². The standard InChI is InChI=1S/C25H30N4O4/c1-16-12-18-13-21(32-4)22(33-5)14-20(18)23(27-29(16)24(30)26-3)17-6-8-19(9-7-17)28-11-10-25(2,31)15-28/h6-9,12-14,31H,10-11,15H2,1-5H3,(H,26,30). The Morgan fingerprint density at radius 2 is 1.82 bits per heavy atom. The minimum Gasteiger partial charge on any atom is -0.493 e. The van der Waals surface area contributed by atoms with Crippen molar-refractivity contribution in [3.05, 3.63) is 58.8 Å². The Balaban J connectivity index is 1.81. The van der Waals surface area contributed by atoms with Gasteiger partial charge >= 0.3 is 6.03 Å². The number of methoxy groups -OCH3 is 2. The van der Waals surface area contributed by atoms with Crippen LogP contribution in [0.2, 0.25) is 0 Å². The van der Waals surface area contributed by atoms with Crippen molar-refractivity contribution in [3.63, 3.8) is 0 Å². The van der Waals surface area contributed by atoms with Crippen molar-refractivity contribution < 1.29 is 19.4 Å². The molecule has 174 valence electrons. The van der Waals surface area contributed by atoms with Gasteiger partial charge in [0.25, 0.3) is 0 Å². The third kappa shape index (κ3) is 4.39. The summed E-state index contributed by atoms with van der Waals surface area (Å²) in [6.07, 6.45) is 2.65. The Labute approximate surface area is 194 Å². The molecule has 8 nitrogen and oxygen atoms in total. The van der Waals surface area contributed by atoms with Gasteiger partial charge in [-0.05, 0) is 56.2 Å². The molecular formula is C25H30N4O4. The van der Waals surface area contributed by atoms with E-state index in [1.165, 1.54) is 5.01 Å². The monoisotopic (exact) mass is 450 g/mol. The summed E-state index contributed by atoms with van der Waals surface area (Å²) >= 11 is 0. The van der Waals surface area contributed by atoms with Crippen LogP contribution in [0.15, 0.2) is 47.2 Å². The number of benzene rings is 2. The number of anilines is 1. The summed E-state index contributed by atoms with van der Waals surface area (Å²) in [5.41, 5.74) is 4.24. The molecule has 0 spiro atoms. The number of carbonyl (C=O) groups excluding carboxylic acids is 1. The molecule has 2 heterocycles. The second-order valence-corrected chi connectivity index (χ2v) is 8.61. The molecule has 0 radical (unpaired) electrons. The Morgan fingerprint density at radius 3 is 2.39 bits per heavy atom. The molecule has 8 heteroatoms. The van der Waals surface area contributed by atoms with Gasteiger partial charge < -0.3 is 24.8 Å². The zero-order chi connectivity index (χ0) is 23.8. The molecule has 0 bridgehead atoms. The van der Waals surface area contributed by atoms with Gasteiger partial charge in [0.05, 0.1) is 25.5 Å². The fourth-order valence-electron chi connectivity index (χ4n) is 4.26. The molecule has 2 aliphatic heterocycles. The number of urea groups is 1. The molecule has 0 aliphatic carbocycles. The van der Waals surface area contributed by atoms with E-state index in [0.29, 0.717) is 29.5 Å². The van der Waals surface area contributed by atoms with Gasteiger partial charge in [-0.15, -0.1) is 0 Å². The number of hydrogen-bond donors (Lipinski definition) is 2. The number of aliphatic hydroxyl groups is 1. The highest BCUT2D eigenvalue weighted by molar-refractivity contribution is 6.16. The normalized spacial score (nSPS) is 19.9. The number of allylic oxidation sites excluding steroid dienone is 1. The van der Waals surface area contributed by atoms with Crippen LogP contribution in [0, 0.1) is 0 Å². The first-order valence-electron chi connectivity index (χ1n) is 10.9. The molecular weight excluding hydrogens is 420 g/mol. The Morgan fingerprint density at radius 1 is 1.15 bits per heavy atom. The first-order chi connectivity index (χ1) is 15.8. The second kappa shape index (κ2) is 8.78. The fraction of sp³-hybridized carbons (Fsp3) is 0.360. The number of nitrogens with zero attached hydrogens (tertiary/aromatic N) is 3. The van der Waals surface area contributed by atoms with E-state index in [1.54, 1.807) is 21.3 Å². The lowest BCUT2D eigenvalue weighted by molar-refractivity contribution is 0.0839. The smallest absolute Gasteiger partial charge is 0.342 e. The van der Waals surface area contributed by atoms with E-state index in [4.69, 9.17) is 14.6 Å². The Hall–Kier alpha value is -3.52. The summed E-state index contributed by atoms with van der Waals surface area (Å²) in [4.78, 5) is 14.8. The van der Waals surface area contributed by atoms with Crippen molar-refractivity contribution in [3.8, 4) is 11.5 Å². The van der Waals surface area contributed by atoms with Crippen LogP contribution in [0.1, 0.15) is 37.0 Å². The van der Waals surface area contributed by atoms with Crippen molar-refractivity contribution in [2.24, 2.45) is 5.10 Å². The van der Waals surface area contributed by atoms with Crippen LogP contribution < -0.4 is 19.7 Å². The van der Waals surface area contributed by atoms with Crippen LogP contribution in [0.25, 0.3) is 6.08 Å². The lowest BCUT2D eigenvalue weighted by atomic mass is 9.96. The highest BCUT2D eigenvalue weighted by Crippen LogP contribution is 2.35. The van der Waals surface area contributed by atoms with Gasteiger partial charge in [-0.3, -0.25) is 0 Å². The number of hydrazone groups is 1. The van der Waals surface area contributed by atoms with Gasteiger partial charge in [-0.1, -0.05) is 12.1 Å². The third-order valence-electron chi connectivity index (χ3n) is 6.07. The van der Waals surface area contributed by atoms with Gasteiger partial charge in [0.2, 0.25) is 0 Å². The van der Waals surface area contributed by atoms with Gasteiger partial charge in [-0.2, -0.15) is 10.1 Å². The highest BCUT2D eigenvalue weighted by atomic mass is 16.5. The maximum absolute atomic E-state index is 12.6. The van der Waals surface area contributed by atoms with E-state index in [-0.39, 0.29) is 6.03 Å². The lowest BCUT2D eigenvalue weighted by Gasteiger charge is -2.21. The summed E-state index contributed by atoms with van der Waals surface area (Å²) in [6, 6.07) is 11.5. The van der Waals surface area contributed by atoms with Crippen LogP contribution in [0.5, 0.6) is 11.5 Å². The van der Waals surface area contributed by atoms with Crippen LogP contribution in [0.3, 0.4) is 0 Å². The molecule has 2 amide bonds. The minimum atomic E-state index is -0.671. The topological polar surface area (TPSA) is 86.6 Å². The second-order valence-electron chi connectivity index (χ2n) is 8.61. The molecule has 1 atom stereocenters. The minimum absolute atomic E-state index is 0.330. The van der Waals surface area contributed by atoms with Crippen molar-refractivity contribution in [1.82, 2.24) is 10.3 Å². The predicted octanol–water partition coefficient (Wildman–Crippen LogP) is 3.43. The van der Waals surface area contributed by atoms with Gasteiger partial charge in [0, 0.05) is 42.6 Å². The first-order valence-corrected chi connectivity index (χ1v) is 10.9. The van der Waals surface area contributed by atoms with Crippen molar-refractivity contribution in [1.29, 1.82) is 0 Å². The molecule has 0 aromatic heterocycles. The molecule has 4 rings (SSSR count). The number of ether oxygens (including phenoxy) is 2. The summed E-state index contributed by atoms with van der Waals surface area (Å²) in [6.45, 7) is 5.11. The number of rotatable bonds is 4. The quantitative estimate of drug-likeness (QED) is 0.745. The van der Waals surface area contributed by atoms with E-state index >= 15 is 0 Å². The van der Waals surface area contributed by atoms with Gasteiger partial charge in [0.1, 0.15) is 0 Å². The van der Waals surface area contributed by atoms with Crippen LogP contribution in [0.4, 0.5) is 10.5 Å². The Kier molecular flexibility index (Phi) is 6.03. The van der Waals surface area contributed by atoms with E-state index in [2.05, 4.69) is 10.2 Å². The molecule has 1 saturated heterocycles. The van der Waals surface area contributed by atoms with Crippen molar-refractivity contribution >= 4 is 23.5 Å². The first kappa shape index (κ1) is 22.7. The van der Waals surface area contributed by atoms with Crippen LogP contribution >= 0.6 is 0 Å². The van der Waals surface area contributed by atoms with E-state index in [1.807, 2.05) is 56.3 Å². The molecule has 2 N–H and O–H groups in total. The zero-order valence-electron chi connectivity index (χ0n) is 19.7. The van der Waals surface area contributed by atoms with Gasteiger partial charge in [0.15, 0.2) is 11.5 Å². The zero-order valence-corrected chi connectivity index (χ0v) is 19.7.